The summed E-state index contributed by atoms with van der Waals surface area (Å²) in [7, 11) is 0. The Morgan fingerprint density at radius 2 is 2.07 bits per heavy atom. The third-order valence-electron chi connectivity index (χ3n) is 2.76. The van der Waals surface area contributed by atoms with Gasteiger partial charge < -0.3 is 0 Å². The molecule has 2 heteroatoms. The van der Waals surface area contributed by atoms with Crippen LogP contribution in [0.1, 0.15) is 64.5 Å². The first-order valence-electron chi connectivity index (χ1n) is 5.73. The van der Waals surface area contributed by atoms with E-state index in [9.17, 15) is 0 Å². The van der Waals surface area contributed by atoms with Crippen molar-refractivity contribution in [2.75, 3.05) is 0 Å². The lowest BCUT2D eigenvalue weighted by Crippen LogP contribution is -2.08. The van der Waals surface area contributed by atoms with Gasteiger partial charge in [0.1, 0.15) is 0 Å². The van der Waals surface area contributed by atoms with Crippen LogP contribution in [0, 0.1) is 0 Å². The summed E-state index contributed by atoms with van der Waals surface area (Å²) in [6, 6.07) is 0.590. The van der Waals surface area contributed by atoms with Crippen LogP contribution in [0.4, 0.5) is 0 Å². The van der Waals surface area contributed by atoms with Crippen LogP contribution >= 0.6 is 0 Å². The molecule has 0 bridgehead atoms. The highest BCUT2D eigenvalue weighted by molar-refractivity contribution is 5.09. The van der Waals surface area contributed by atoms with Crippen molar-refractivity contribution in [1.82, 2.24) is 9.78 Å². The average molecular weight is 194 g/mol. The van der Waals surface area contributed by atoms with Crippen molar-refractivity contribution in [1.29, 1.82) is 0 Å². The topological polar surface area (TPSA) is 17.8 Å². The maximum atomic E-state index is 4.44. The molecule has 1 aromatic heterocycles. The molecule has 0 amide bonds. The molecule has 1 atom stereocenters. The van der Waals surface area contributed by atoms with E-state index in [0.717, 1.165) is 0 Å². The zero-order chi connectivity index (χ0) is 10.6. The van der Waals surface area contributed by atoms with Gasteiger partial charge in [-0.1, -0.05) is 34.1 Å². The molecule has 2 nitrogen and oxygen atoms in total. The molecule has 0 aromatic carbocycles. The Kier molecular flexibility index (Phi) is 4.18. The van der Waals surface area contributed by atoms with E-state index >= 15 is 0 Å². The third kappa shape index (κ3) is 2.60. The van der Waals surface area contributed by atoms with E-state index < -0.39 is 0 Å². The van der Waals surface area contributed by atoms with Crippen LogP contribution < -0.4 is 0 Å². The molecule has 0 aliphatic heterocycles. The summed E-state index contributed by atoms with van der Waals surface area (Å²) in [5.74, 6) is 0.586. The number of aromatic nitrogens is 2. The van der Waals surface area contributed by atoms with E-state index in [1.165, 1.54) is 24.8 Å². The SMILES string of the molecule is CCCC(CC)n1cc(C(C)C)cn1. The van der Waals surface area contributed by atoms with Crippen LogP contribution in [0.3, 0.4) is 0 Å². The minimum absolute atomic E-state index is 0.586. The smallest absolute Gasteiger partial charge is 0.0524 e. The van der Waals surface area contributed by atoms with Crippen LogP contribution in [-0.4, -0.2) is 9.78 Å². The summed E-state index contributed by atoms with van der Waals surface area (Å²) in [6.45, 7) is 8.89. The van der Waals surface area contributed by atoms with Gasteiger partial charge in [0.15, 0.2) is 0 Å². The van der Waals surface area contributed by atoms with E-state index in [4.69, 9.17) is 0 Å². The predicted molar refractivity (Wildman–Crippen MR) is 60.6 cm³/mol. The zero-order valence-corrected chi connectivity index (χ0v) is 9.83. The lowest BCUT2D eigenvalue weighted by molar-refractivity contribution is 0.409. The molecule has 1 rings (SSSR count). The fourth-order valence-corrected chi connectivity index (χ4v) is 1.71. The molecular weight excluding hydrogens is 172 g/mol. The molecule has 1 unspecified atom stereocenters. The normalized spacial score (nSPS) is 13.5. The second kappa shape index (κ2) is 5.18. The zero-order valence-electron chi connectivity index (χ0n) is 9.83. The predicted octanol–water partition coefficient (Wildman–Crippen LogP) is 3.76. The largest absolute Gasteiger partial charge is 0.269 e. The Morgan fingerprint density at radius 1 is 1.36 bits per heavy atom. The summed E-state index contributed by atoms with van der Waals surface area (Å²) in [4.78, 5) is 0. The molecule has 0 spiro atoms. The van der Waals surface area contributed by atoms with Gasteiger partial charge in [-0.15, -0.1) is 0 Å². The Morgan fingerprint density at radius 3 is 2.50 bits per heavy atom. The minimum atomic E-state index is 0.586. The maximum Gasteiger partial charge on any atom is 0.0524 e. The molecule has 0 N–H and O–H groups in total. The number of rotatable bonds is 5. The van der Waals surface area contributed by atoms with Crippen molar-refractivity contribution < 1.29 is 0 Å². The minimum Gasteiger partial charge on any atom is -0.269 e. The van der Waals surface area contributed by atoms with Crippen molar-refractivity contribution >= 4 is 0 Å². The fourth-order valence-electron chi connectivity index (χ4n) is 1.71. The van der Waals surface area contributed by atoms with Crippen LogP contribution in [0.25, 0.3) is 0 Å². The molecule has 80 valence electrons. The second-order valence-electron chi connectivity index (χ2n) is 4.26. The van der Waals surface area contributed by atoms with Gasteiger partial charge in [-0.25, -0.2) is 0 Å². The monoisotopic (exact) mass is 194 g/mol. The molecule has 14 heavy (non-hydrogen) atoms. The molecule has 0 aliphatic rings. The number of hydrogen-bond acceptors (Lipinski definition) is 1. The van der Waals surface area contributed by atoms with Crippen molar-refractivity contribution in [2.45, 2.75) is 58.9 Å². The van der Waals surface area contributed by atoms with Gasteiger partial charge in [0, 0.05) is 6.20 Å². The Bertz CT molecular complexity index is 263. The summed E-state index contributed by atoms with van der Waals surface area (Å²) in [5, 5.41) is 4.44. The molecule has 1 heterocycles. The molecule has 0 saturated carbocycles. The molecule has 0 radical (unpaired) electrons. The van der Waals surface area contributed by atoms with Gasteiger partial charge in [0.2, 0.25) is 0 Å². The van der Waals surface area contributed by atoms with Gasteiger partial charge in [0.05, 0.1) is 12.2 Å². The first kappa shape index (κ1) is 11.3. The molecule has 0 aliphatic carbocycles. The van der Waals surface area contributed by atoms with E-state index in [1.54, 1.807) is 0 Å². The Hall–Kier alpha value is -0.790. The first-order chi connectivity index (χ1) is 6.69. The first-order valence-corrected chi connectivity index (χ1v) is 5.73. The second-order valence-corrected chi connectivity index (χ2v) is 4.26. The van der Waals surface area contributed by atoms with Crippen molar-refractivity contribution in [3.63, 3.8) is 0 Å². The molecule has 0 fully saturated rings. The van der Waals surface area contributed by atoms with Gasteiger partial charge in [-0.3, -0.25) is 4.68 Å². The van der Waals surface area contributed by atoms with Crippen molar-refractivity contribution in [3.8, 4) is 0 Å². The van der Waals surface area contributed by atoms with Crippen LogP contribution in [0.2, 0.25) is 0 Å². The molecule has 0 saturated heterocycles. The van der Waals surface area contributed by atoms with Gasteiger partial charge >= 0.3 is 0 Å². The van der Waals surface area contributed by atoms with E-state index in [1.807, 2.05) is 6.20 Å². The van der Waals surface area contributed by atoms with Gasteiger partial charge in [0.25, 0.3) is 0 Å². The lowest BCUT2D eigenvalue weighted by Gasteiger charge is -2.14. The van der Waals surface area contributed by atoms with Gasteiger partial charge in [-0.05, 0) is 24.3 Å². The summed E-state index contributed by atoms with van der Waals surface area (Å²) < 4.78 is 2.14. The average Bonchev–Trinajstić information content (AvgIpc) is 2.63. The Labute approximate surface area is 87.3 Å². The third-order valence-corrected chi connectivity index (χ3v) is 2.76. The lowest BCUT2D eigenvalue weighted by atomic mass is 10.1. The van der Waals surface area contributed by atoms with E-state index in [-0.39, 0.29) is 0 Å². The molecular formula is C12H22N2. The van der Waals surface area contributed by atoms with E-state index in [2.05, 4.69) is 43.7 Å². The van der Waals surface area contributed by atoms with Gasteiger partial charge in [-0.2, -0.15) is 5.10 Å². The standard InChI is InChI=1S/C12H22N2/c1-5-7-12(6-2)14-9-11(8-13-14)10(3)4/h8-10,12H,5-7H2,1-4H3. The van der Waals surface area contributed by atoms with Crippen LogP contribution in [0.5, 0.6) is 0 Å². The maximum absolute atomic E-state index is 4.44. The highest BCUT2D eigenvalue weighted by atomic mass is 15.3. The van der Waals surface area contributed by atoms with E-state index in [0.29, 0.717) is 12.0 Å². The highest BCUT2D eigenvalue weighted by Crippen LogP contribution is 2.20. The summed E-state index contributed by atoms with van der Waals surface area (Å²) >= 11 is 0. The Balaban J connectivity index is 2.73. The van der Waals surface area contributed by atoms with Crippen LogP contribution in [0.15, 0.2) is 12.4 Å². The van der Waals surface area contributed by atoms with Crippen molar-refractivity contribution in [3.05, 3.63) is 18.0 Å². The number of nitrogens with zero attached hydrogens (tertiary/aromatic N) is 2. The van der Waals surface area contributed by atoms with Crippen LogP contribution in [-0.2, 0) is 0 Å². The molecule has 1 aromatic rings. The fraction of sp³-hybridized carbons (Fsp3) is 0.750. The number of hydrogen-bond donors (Lipinski definition) is 0. The quantitative estimate of drug-likeness (QED) is 0.698. The summed E-state index contributed by atoms with van der Waals surface area (Å²) in [5.41, 5.74) is 1.35. The van der Waals surface area contributed by atoms with Crippen molar-refractivity contribution in [2.24, 2.45) is 0 Å². The summed E-state index contributed by atoms with van der Waals surface area (Å²) in [6.07, 6.45) is 7.84. The highest BCUT2D eigenvalue weighted by Gasteiger charge is 2.10.